The second-order valence-corrected chi connectivity index (χ2v) is 10.1. The number of aromatic amines is 1. The Kier molecular flexibility index (Phi) is 6.62. The summed E-state index contributed by atoms with van der Waals surface area (Å²) in [6, 6.07) is 15.8. The first kappa shape index (κ1) is 24.8. The second-order valence-electron chi connectivity index (χ2n) is 10.1. The van der Waals surface area contributed by atoms with Crippen molar-refractivity contribution in [3.05, 3.63) is 65.2 Å². The van der Waals surface area contributed by atoms with Crippen molar-refractivity contribution in [2.45, 2.75) is 26.4 Å². The van der Waals surface area contributed by atoms with Crippen LogP contribution in [0.15, 0.2) is 48.5 Å². The van der Waals surface area contributed by atoms with Crippen LogP contribution < -0.4 is 16.8 Å². The zero-order valence-electron chi connectivity index (χ0n) is 21.6. The van der Waals surface area contributed by atoms with Gasteiger partial charge in [0, 0.05) is 66.3 Å². The van der Waals surface area contributed by atoms with Gasteiger partial charge in [-0.1, -0.05) is 24.3 Å². The Morgan fingerprint density at radius 1 is 1.03 bits per heavy atom. The number of nitrogens with zero attached hydrogens (tertiary/aromatic N) is 2. The number of nitrogens with two attached hydrogens (primary N) is 2. The zero-order valence-corrected chi connectivity index (χ0v) is 21.6. The van der Waals surface area contributed by atoms with Crippen LogP contribution >= 0.6 is 0 Å². The van der Waals surface area contributed by atoms with Crippen molar-refractivity contribution < 1.29 is 9.59 Å². The zero-order chi connectivity index (χ0) is 26.3. The van der Waals surface area contributed by atoms with Crippen molar-refractivity contribution in [2.24, 2.45) is 11.5 Å². The fourth-order valence-corrected chi connectivity index (χ4v) is 5.27. The number of rotatable bonds is 6. The summed E-state index contributed by atoms with van der Waals surface area (Å²) in [6.07, 6.45) is 0. The fourth-order valence-electron chi connectivity index (χ4n) is 5.27. The number of carbonyl (C=O) groups is 2. The number of carbonyl (C=O) groups excluding carboxylic acids is 2. The molecule has 1 saturated heterocycles. The minimum absolute atomic E-state index is 0.0156. The van der Waals surface area contributed by atoms with Gasteiger partial charge in [-0.05, 0) is 61.9 Å². The maximum Gasteiger partial charge on any atom is 0.254 e. The van der Waals surface area contributed by atoms with Crippen LogP contribution in [0.1, 0.15) is 40.1 Å². The average molecular weight is 499 g/mol. The molecule has 0 saturated carbocycles. The molecule has 5 rings (SSSR count). The fraction of sp³-hybridized carbons (Fsp3) is 0.310. The van der Waals surface area contributed by atoms with Gasteiger partial charge in [0.25, 0.3) is 11.8 Å². The van der Waals surface area contributed by atoms with E-state index in [2.05, 4.69) is 42.2 Å². The molecule has 192 valence electrons. The molecular weight excluding hydrogens is 464 g/mol. The van der Waals surface area contributed by atoms with Crippen molar-refractivity contribution in [1.82, 2.24) is 14.8 Å². The lowest BCUT2D eigenvalue weighted by Crippen LogP contribution is -2.47. The predicted octanol–water partition coefficient (Wildman–Crippen LogP) is 3.75. The van der Waals surface area contributed by atoms with Gasteiger partial charge in [0.2, 0.25) is 0 Å². The highest BCUT2D eigenvalue weighted by molar-refractivity contribution is 6.20. The number of anilines is 1. The van der Waals surface area contributed by atoms with Crippen molar-refractivity contribution in [3.8, 4) is 11.1 Å². The monoisotopic (exact) mass is 498 g/mol. The molecule has 1 aliphatic rings. The van der Waals surface area contributed by atoms with E-state index in [1.54, 1.807) is 6.07 Å². The van der Waals surface area contributed by atoms with Crippen LogP contribution in [0.3, 0.4) is 0 Å². The van der Waals surface area contributed by atoms with Gasteiger partial charge >= 0.3 is 0 Å². The number of nitrogens with one attached hydrogen (secondary N) is 2. The largest absolute Gasteiger partial charge is 0.383 e. The van der Waals surface area contributed by atoms with E-state index >= 15 is 0 Å². The maximum atomic E-state index is 13.2. The van der Waals surface area contributed by atoms with E-state index in [0.717, 1.165) is 51.8 Å². The van der Waals surface area contributed by atoms with E-state index in [1.807, 2.05) is 41.3 Å². The first-order valence-electron chi connectivity index (χ1n) is 12.7. The summed E-state index contributed by atoms with van der Waals surface area (Å²) in [5.41, 5.74) is 18.4. The molecule has 1 aromatic heterocycles. The van der Waals surface area contributed by atoms with Crippen molar-refractivity contribution in [3.63, 3.8) is 0 Å². The van der Waals surface area contributed by atoms with Crippen LogP contribution in [0.4, 0.5) is 5.69 Å². The van der Waals surface area contributed by atoms with Gasteiger partial charge in [-0.15, -0.1) is 0 Å². The Balaban J connectivity index is 1.68. The molecule has 0 radical (unpaired) electrons. The van der Waals surface area contributed by atoms with Crippen LogP contribution in [0, 0.1) is 0 Å². The van der Waals surface area contributed by atoms with E-state index in [9.17, 15) is 9.59 Å². The summed E-state index contributed by atoms with van der Waals surface area (Å²) < 4.78 is 0. The van der Waals surface area contributed by atoms with Gasteiger partial charge < -0.3 is 31.6 Å². The maximum absolute atomic E-state index is 13.2. The van der Waals surface area contributed by atoms with Gasteiger partial charge in [-0.2, -0.15) is 0 Å². The normalized spacial score (nSPS) is 14.6. The van der Waals surface area contributed by atoms with Gasteiger partial charge in [0.15, 0.2) is 0 Å². The number of H-pyrrole nitrogens is 1. The summed E-state index contributed by atoms with van der Waals surface area (Å²) in [7, 11) is 2.07. The minimum Gasteiger partial charge on any atom is -0.383 e. The lowest BCUT2D eigenvalue weighted by Gasteiger charge is -2.32. The summed E-state index contributed by atoms with van der Waals surface area (Å²) in [5, 5.41) is 5.30. The molecule has 8 nitrogen and oxygen atoms in total. The Bertz CT molecular complexity index is 1500. The van der Waals surface area contributed by atoms with Crippen LogP contribution in [-0.4, -0.2) is 65.9 Å². The molecular formula is C29H34N6O2. The number of hydrogen-bond donors (Lipinski definition) is 4. The first-order chi connectivity index (χ1) is 17.8. The number of piperazine rings is 1. The highest BCUT2D eigenvalue weighted by atomic mass is 16.2. The summed E-state index contributed by atoms with van der Waals surface area (Å²) in [4.78, 5) is 33.1. The van der Waals surface area contributed by atoms with Crippen molar-refractivity contribution >= 4 is 39.3 Å². The molecule has 4 aromatic rings. The minimum atomic E-state index is -0.508. The SMILES string of the molecule is CC(C)Nc1cccc(-c2ccc(C(N)=O)c3[nH]c4cc(C(=O)N5CCN(C)CC5)ccc4c23)c1CN. The Labute approximate surface area is 216 Å². The number of fused-ring (bicyclic) bond motifs is 3. The standard InChI is InChI=1S/C29H34N6O2/c1-17(2)32-24-6-4-5-19(23(24)16-30)20-9-10-22(28(31)36)27-26(20)21-8-7-18(15-25(21)33-27)29(37)35-13-11-34(3)12-14-35/h4-10,15,17,32-33H,11-14,16,30H2,1-3H3,(H2,31,36). The van der Waals surface area contributed by atoms with Crippen LogP contribution in [0.25, 0.3) is 32.9 Å². The van der Waals surface area contributed by atoms with Crippen LogP contribution in [0.2, 0.25) is 0 Å². The predicted molar refractivity (Wildman–Crippen MR) is 150 cm³/mol. The topological polar surface area (TPSA) is 120 Å². The third-order valence-electron chi connectivity index (χ3n) is 7.17. The molecule has 0 unspecified atom stereocenters. The second kappa shape index (κ2) is 9.88. The van der Waals surface area contributed by atoms with E-state index in [0.29, 0.717) is 36.3 Å². The molecule has 1 fully saturated rings. The summed E-state index contributed by atoms with van der Waals surface area (Å²) >= 11 is 0. The van der Waals surface area contributed by atoms with E-state index in [1.165, 1.54) is 0 Å². The summed E-state index contributed by atoms with van der Waals surface area (Å²) in [6.45, 7) is 7.68. The number of benzene rings is 3. The molecule has 2 amide bonds. The Morgan fingerprint density at radius 2 is 1.78 bits per heavy atom. The number of primary amides is 1. The number of hydrogen-bond acceptors (Lipinski definition) is 5. The highest BCUT2D eigenvalue weighted by Gasteiger charge is 2.23. The molecule has 2 heterocycles. The molecule has 1 aliphatic heterocycles. The van der Waals surface area contributed by atoms with Gasteiger partial charge in [0.1, 0.15) is 0 Å². The number of aromatic nitrogens is 1. The lowest BCUT2D eigenvalue weighted by atomic mass is 9.92. The molecule has 0 spiro atoms. The van der Waals surface area contributed by atoms with Gasteiger partial charge in [0.05, 0.1) is 11.1 Å². The smallest absolute Gasteiger partial charge is 0.254 e. The van der Waals surface area contributed by atoms with Crippen LogP contribution in [0.5, 0.6) is 0 Å². The molecule has 8 heteroatoms. The summed E-state index contributed by atoms with van der Waals surface area (Å²) in [5.74, 6) is -0.493. The van der Waals surface area contributed by atoms with E-state index in [-0.39, 0.29) is 11.9 Å². The van der Waals surface area contributed by atoms with Gasteiger partial charge in [-0.25, -0.2) is 0 Å². The molecule has 0 bridgehead atoms. The number of likely N-dealkylation sites (N-methyl/N-ethyl adjacent to an activating group) is 1. The molecule has 37 heavy (non-hydrogen) atoms. The quantitative estimate of drug-likeness (QED) is 0.323. The van der Waals surface area contributed by atoms with E-state index in [4.69, 9.17) is 11.5 Å². The number of amides is 2. The Hall–Kier alpha value is -3.88. The van der Waals surface area contributed by atoms with Crippen molar-refractivity contribution in [2.75, 3.05) is 38.5 Å². The van der Waals surface area contributed by atoms with Crippen molar-refractivity contribution in [1.29, 1.82) is 0 Å². The lowest BCUT2D eigenvalue weighted by molar-refractivity contribution is 0.0664. The third-order valence-corrected chi connectivity index (χ3v) is 7.17. The van der Waals surface area contributed by atoms with Gasteiger partial charge in [-0.3, -0.25) is 9.59 Å². The molecule has 0 atom stereocenters. The highest BCUT2D eigenvalue weighted by Crippen LogP contribution is 2.39. The van der Waals surface area contributed by atoms with Crippen LogP contribution in [-0.2, 0) is 6.54 Å². The average Bonchev–Trinajstić information content (AvgIpc) is 3.26. The third kappa shape index (κ3) is 4.54. The first-order valence-corrected chi connectivity index (χ1v) is 12.7. The molecule has 0 aliphatic carbocycles. The van der Waals surface area contributed by atoms with E-state index < -0.39 is 5.91 Å². The molecule has 6 N–H and O–H groups in total. The molecule has 3 aromatic carbocycles. The Morgan fingerprint density at radius 3 is 2.46 bits per heavy atom.